The van der Waals surface area contributed by atoms with Gasteiger partial charge in [-0.05, 0) is 42.7 Å². The Labute approximate surface area is 174 Å². The molecule has 0 aliphatic carbocycles. The van der Waals surface area contributed by atoms with E-state index >= 15 is 0 Å². The molecule has 5 nitrogen and oxygen atoms in total. The summed E-state index contributed by atoms with van der Waals surface area (Å²) in [5.74, 6) is 0.804. The highest BCUT2D eigenvalue weighted by Crippen LogP contribution is 2.24. The number of carbonyl (C=O) groups is 1. The number of piperazine rings is 1. The first-order valence-corrected chi connectivity index (χ1v) is 10.2. The maximum absolute atomic E-state index is 13.2. The van der Waals surface area contributed by atoms with Crippen molar-refractivity contribution in [1.82, 2.24) is 15.3 Å². The summed E-state index contributed by atoms with van der Waals surface area (Å²) in [4.78, 5) is 24.6. The van der Waals surface area contributed by atoms with Gasteiger partial charge in [0, 0.05) is 46.0 Å². The number of pyridine rings is 2. The Kier molecular flexibility index (Phi) is 5.67. The Hall–Kier alpha value is -3.05. The highest BCUT2D eigenvalue weighted by Gasteiger charge is 2.24. The van der Waals surface area contributed by atoms with Crippen molar-refractivity contribution in [2.24, 2.45) is 0 Å². The Morgan fingerprint density at radius 2 is 2.00 bits per heavy atom. The van der Waals surface area contributed by atoms with E-state index in [-0.39, 0.29) is 14.7 Å². The second-order valence-electron chi connectivity index (χ2n) is 7.36. The zero-order chi connectivity index (χ0) is 20.2. The summed E-state index contributed by atoms with van der Waals surface area (Å²) in [6.07, 6.45) is 2.48. The monoisotopic (exact) mass is 390 g/mol. The third-order valence-corrected chi connectivity index (χ3v) is 5.51. The summed E-state index contributed by atoms with van der Waals surface area (Å²) in [6, 6.07) is 18.4. The van der Waals surface area contributed by atoms with Gasteiger partial charge in [-0.3, -0.25) is 9.78 Å². The molecular formula is C24H30N4O. The van der Waals surface area contributed by atoms with Gasteiger partial charge in [-0.1, -0.05) is 43.3 Å². The number of rotatable bonds is 5. The first kappa shape index (κ1) is 19.3. The fourth-order valence-corrected chi connectivity index (χ4v) is 3.85. The predicted octanol–water partition coefficient (Wildman–Crippen LogP) is 4.22. The molecule has 1 N–H and O–H groups in total. The van der Waals surface area contributed by atoms with Crippen LogP contribution in [0.25, 0.3) is 0 Å². The lowest BCUT2D eigenvalue weighted by Gasteiger charge is -2.35. The molecule has 0 amide bonds. The maximum Gasteiger partial charge on any atom is 0.213 e. The molecular weight excluding hydrogens is 360 g/mol. The Bertz CT molecular complexity index is 1010. The fourth-order valence-electron chi connectivity index (χ4n) is 3.85. The van der Waals surface area contributed by atoms with Gasteiger partial charge in [0.25, 0.3) is 0 Å². The van der Waals surface area contributed by atoms with Crippen LogP contribution >= 0.6 is 0 Å². The van der Waals surface area contributed by atoms with E-state index in [0.29, 0.717) is 11.3 Å². The van der Waals surface area contributed by atoms with E-state index in [0.717, 1.165) is 43.1 Å². The quantitative estimate of drug-likeness (QED) is 0.661. The molecule has 1 aromatic carbocycles. The van der Waals surface area contributed by atoms with Crippen molar-refractivity contribution in [1.29, 1.82) is 0 Å². The van der Waals surface area contributed by atoms with Crippen LogP contribution in [0.15, 0.2) is 60.8 Å². The summed E-state index contributed by atoms with van der Waals surface area (Å²) < 4.78 is 0. The van der Waals surface area contributed by atoms with Gasteiger partial charge in [-0.25, -0.2) is 4.98 Å². The number of hydrogen-bond donors (Lipinski definition) is 1. The number of anilines is 1. The van der Waals surface area contributed by atoms with E-state index in [4.69, 9.17) is 4.98 Å². The van der Waals surface area contributed by atoms with Gasteiger partial charge in [-0.15, -0.1) is 0 Å². The van der Waals surface area contributed by atoms with Crippen molar-refractivity contribution in [2.45, 2.75) is 26.3 Å². The fraction of sp³-hybridized carbons (Fsp3) is 0.292. The second-order valence-corrected chi connectivity index (χ2v) is 7.36. The van der Waals surface area contributed by atoms with Gasteiger partial charge >= 0.3 is 0 Å². The van der Waals surface area contributed by atoms with E-state index in [9.17, 15) is 4.79 Å². The first-order chi connectivity index (χ1) is 14.2. The van der Waals surface area contributed by atoms with Crippen LogP contribution in [-0.2, 0) is 6.42 Å². The molecule has 29 heavy (non-hydrogen) atoms. The van der Waals surface area contributed by atoms with E-state index in [1.807, 2.05) is 31.2 Å². The van der Waals surface area contributed by atoms with Crippen molar-refractivity contribution in [2.75, 3.05) is 24.5 Å². The lowest BCUT2D eigenvalue weighted by atomic mass is 10.0. The van der Waals surface area contributed by atoms with Gasteiger partial charge in [0.05, 0.1) is 0 Å². The zero-order valence-corrected chi connectivity index (χ0v) is 16.9. The Morgan fingerprint density at radius 3 is 2.76 bits per heavy atom. The van der Waals surface area contributed by atoms with Crippen molar-refractivity contribution in [3.63, 3.8) is 0 Å². The van der Waals surface area contributed by atoms with Gasteiger partial charge in [0.1, 0.15) is 11.5 Å². The number of ketones is 1. The molecule has 5 heteroatoms. The molecule has 3 aromatic rings. The largest absolute Gasteiger partial charge is 0.353 e. The lowest BCUT2D eigenvalue weighted by Crippen LogP contribution is -2.46. The van der Waals surface area contributed by atoms with E-state index < -0.39 is 0 Å². The normalized spacial score (nSPS) is 16.6. The molecule has 1 saturated heterocycles. The molecule has 1 aliphatic heterocycles. The van der Waals surface area contributed by atoms with Crippen molar-refractivity contribution in [3.05, 3.63) is 88.9 Å². The minimum absolute atomic E-state index is 0. The summed E-state index contributed by atoms with van der Waals surface area (Å²) >= 11 is 0. The topological polar surface area (TPSA) is 58.1 Å². The van der Waals surface area contributed by atoms with Gasteiger partial charge in [0.2, 0.25) is 5.78 Å². The molecule has 0 saturated carbocycles. The van der Waals surface area contributed by atoms with Crippen molar-refractivity contribution >= 4 is 11.6 Å². The molecule has 4 rings (SSSR count). The number of aromatic nitrogens is 2. The van der Waals surface area contributed by atoms with E-state index in [2.05, 4.69) is 46.4 Å². The summed E-state index contributed by atoms with van der Waals surface area (Å²) in [5, 5.41) is 3.58. The highest BCUT2D eigenvalue weighted by molar-refractivity contribution is 6.09. The van der Waals surface area contributed by atoms with E-state index in [1.165, 1.54) is 5.56 Å². The third-order valence-electron chi connectivity index (χ3n) is 5.51. The number of aryl methyl sites for hydroxylation is 2. The van der Waals surface area contributed by atoms with Crippen LogP contribution in [0.4, 0.5) is 5.82 Å². The van der Waals surface area contributed by atoms with Crippen molar-refractivity contribution < 1.29 is 7.65 Å². The molecule has 3 heterocycles. The van der Waals surface area contributed by atoms with Crippen LogP contribution < -0.4 is 10.2 Å². The standard InChI is InChI=1S/C24H26N4O.2H2/c1-3-18-11-12-22(27-23(18)24(29)20-10-7-13-25-17(20)2)28-15-14-26-21(16-28)19-8-5-4-6-9-19;;/h4-13,21,26H,3,14-16H2,1-2H3;2*1H. The third kappa shape index (κ3) is 4.05. The van der Waals surface area contributed by atoms with Crippen molar-refractivity contribution in [3.8, 4) is 0 Å². The average Bonchev–Trinajstić information content (AvgIpc) is 2.79. The maximum atomic E-state index is 13.2. The summed E-state index contributed by atoms with van der Waals surface area (Å²) in [6.45, 7) is 6.48. The number of nitrogens with zero attached hydrogens (tertiary/aromatic N) is 3. The molecule has 1 aliphatic rings. The number of nitrogens with one attached hydrogen (secondary N) is 1. The van der Waals surface area contributed by atoms with Crippen LogP contribution in [-0.4, -0.2) is 35.4 Å². The molecule has 0 radical (unpaired) electrons. The van der Waals surface area contributed by atoms with Crippen LogP contribution in [0, 0.1) is 6.92 Å². The average molecular weight is 391 g/mol. The minimum atomic E-state index is -0.0518. The summed E-state index contributed by atoms with van der Waals surface area (Å²) in [7, 11) is 0. The minimum Gasteiger partial charge on any atom is -0.353 e. The zero-order valence-electron chi connectivity index (χ0n) is 16.9. The second kappa shape index (κ2) is 8.53. The smallest absolute Gasteiger partial charge is 0.213 e. The lowest BCUT2D eigenvalue weighted by molar-refractivity contribution is 0.103. The predicted molar refractivity (Wildman–Crippen MR) is 120 cm³/mol. The van der Waals surface area contributed by atoms with E-state index in [1.54, 1.807) is 12.3 Å². The van der Waals surface area contributed by atoms with Gasteiger partial charge < -0.3 is 10.2 Å². The molecule has 0 bridgehead atoms. The van der Waals surface area contributed by atoms with Crippen LogP contribution in [0.1, 0.15) is 48.7 Å². The van der Waals surface area contributed by atoms with Crippen LogP contribution in [0.5, 0.6) is 0 Å². The van der Waals surface area contributed by atoms with Gasteiger partial charge in [0.15, 0.2) is 0 Å². The molecule has 152 valence electrons. The Morgan fingerprint density at radius 1 is 1.17 bits per heavy atom. The van der Waals surface area contributed by atoms with Crippen LogP contribution in [0.2, 0.25) is 0 Å². The highest BCUT2D eigenvalue weighted by atomic mass is 16.1. The van der Waals surface area contributed by atoms with Crippen LogP contribution in [0.3, 0.4) is 0 Å². The first-order valence-electron chi connectivity index (χ1n) is 10.2. The number of benzene rings is 1. The summed E-state index contributed by atoms with van der Waals surface area (Å²) in [5.41, 5.74) is 4.13. The molecule has 1 unspecified atom stereocenters. The SMILES string of the molecule is CCc1ccc(N2CCNC(c3ccccc3)C2)nc1C(=O)c1cccnc1C.[HH].[HH]. The molecule has 1 fully saturated rings. The Balaban J connectivity index is 0.00000171. The molecule has 1 atom stereocenters. The molecule has 2 aromatic heterocycles. The molecule has 0 spiro atoms. The number of carbonyl (C=O) groups excluding carboxylic acids is 1. The number of hydrogen-bond acceptors (Lipinski definition) is 5. The van der Waals surface area contributed by atoms with Gasteiger partial charge in [-0.2, -0.15) is 0 Å².